The Hall–Kier alpha value is -2.61. The van der Waals surface area contributed by atoms with Crippen LogP contribution in [0.3, 0.4) is 0 Å². The van der Waals surface area contributed by atoms with E-state index in [4.69, 9.17) is 0 Å². The zero-order valence-corrected chi connectivity index (χ0v) is 16.4. The molecule has 2 aromatic carbocycles. The summed E-state index contributed by atoms with van der Waals surface area (Å²) in [5, 5.41) is 9.39. The number of allylic oxidation sites excluding steroid dienone is 3. The lowest BCUT2D eigenvalue weighted by Crippen LogP contribution is -1.99. The van der Waals surface area contributed by atoms with Gasteiger partial charge in [0, 0.05) is 0 Å². The van der Waals surface area contributed by atoms with Crippen LogP contribution in [0.15, 0.2) is 66.8 Å². The first-order chi connectivity index (χ1) is 13.2. The summed E-state index contributed by atoms with van der Waals surface area (Å²) in [6.45, 7) is 4.11. The Morgan fingerprint density at radius 1 is 0.889 bits per heavy atom. The molecule has 2 nitrogen and oxygen atoms in total. The number of rotatable bonds is 10. The van der Waals surface area contributed by atoms with Crippen molar-refractivity contribution in [2.45, 2.75) is 52.4 Å². The summed E-state index contributed by atoms with van der Waals surface area (Å²) in [5.74, 6) is -0.913. The maximum absolute atomic E-state index is 11.4. The molecule has 0 heterocycles. The predicted octanol–water partition coefficient (Wildman–Crippen LogP) is 6.91. The van der Waals surface area contributed by atoms with Crippen LogP contribution in [0.1, 0.15) is 57.1 Å². The van der Waals surface area contributed by atoms with Gasteiger partial charge in [0.25, 0.3) is 0 Å². The lowest BCUT2D eigenvalue weighted by Gasteiger charge is -2.07. The van der Waals surface area contributed by atoms with E-state index < -0.39 is 5.97 Å². The third kappa shape index (κ3) is 6.56. The van der Waals surface area contributed by atoms with E-state index >= 15 is 0 Å². The summed E-state index contributed by atoms with van der Waals surface area (Å²) in [4.78, 5) is 11.4. The molecular formula is C25H30O2. The van der Waals surface area contributed by atoms with Crippen LogP contribution in [0.4, 0.5) is 0 Å². The third-order valence-electron chi connectivity index (χ3n) is 4.74. The molecule has 0 saturated carbocycles. The molecule has 0 aliphatic heterocycles. The quantitative estimate of drug-likeness (QED) is 0.283. The van der Waals surface area contributed by atoms with Gasteiger partial charge < -0.3 is 5.11 Å². The summed E-state index contributed by atoms with van der Waals surface area (Å²) in [7, 11) is 0. The van der Waals surface area contributed by atoms with Gasteiger partial charge in [-0.3, -0.25) is 0 Å². The molecule has 0 unspecified atom stereocenters. The van der Waals surface area contributed by atoms with Crippen LogP contribution in [0.25, 0.3) is 16.7 Å². The van der Waals surface area contributed by atoms with E-state index in [2.05, 4.69) is 31.2 Å². The molecule has 0 radical (unpaired) electrons. The molecule has 0 aliphatic rings. The first-order valence-electron chi connectivity index (χ1n) is 9.91. The number of hydrogen-bond donors (Lipinski definition) is 1. The molecule has 2 aromatic rings. The molecule has 0 atom stereocenters. The van der Waals surface area contributed by atoms with Gasteiger partial charge in [-0.05, 0) is 48.1 Å². The Bertz CT molecular complexity index is 765. The van der Waals surface area contributed by atoms with Gasteiger partial charge in [0.2, 0.25) is 0 Å². The van der Waals surface area contributed by atoms with Crippen LogP contribution in [0, 0.1) is 0 Å². The van der Waals surface area contributed by atoms with Crippen LogP contribution < -0.4 is 0 Å². The molecule has 2 rings (SSSR count). The summed E-state index contributed by atoms with van der Waals surface area (Å²) < 4.78 is 0. The molecule has 2 heteroatoms. The zero-order valence-electron chi connectivity index (χ0n) is 16.4. The van der Waals surface area contributed by atoms with Crippen molar-refractivity contribution in [3.8, 4) is 11.1 Å². The molecule has 0 spiro atoms. The highest BCUT2D eigenvalue weighted by Crippen LogP contribution is 2.24. The van der Waals surface area contributed by atoms with Crippen LogP contribution in [-0.2, 0) is 11.2 Å². The second kappa shape index (κ2) is 11.2. The van der Waals surface area contributed by atoms with Crippen LogP contribution >= 0.6 is 0 Å². The number of aliphatic carboxylic acids is 1. The molecule has 27 heavy (non-hydrogen) atoms. The fourth-order valence-electron chi connectivity index (χ4n) is 3.12. The minimum absolute atomic E-state index is 0.304. The number of benzene rings is 2. The first kappa shape index (κ1) is 20.7. The van der Waals surface area contributed by atoms with Gasteiger partial charge in [-0.25, -0.2) is 4.79 Å². The average molecular weight is 363 g/mol. The molecule has 0 fully saturated rings. The molecule has 0 saturated heterocycles. The van der Waals surface area contributed by atoms with Crippen molar-refractivity contribution < 1.29 is 9.90 Å². The van der Waals surface area contributed by atoms with E-state index in [1.54, 1.807) is 12.2 Å². The second-order valence-electron chi connectivity index (χ2n) is 6.85. The van der Waals surface area contributed by atoms with Crippen molar-refractivity contribution in [1.82, 2.24) is 0 Å². The number of carboxylic acid groups (broad SMARTS) is 1. The summed E-state index contributed by atoms with van der Waals surface area (Å²) in [6, 6.07) is 16.5. The number of aryl methyl sites for hydroxylation is 1. The standard InChI is InChI=1S/C25H30O2/c1-3-5-7-8-9-10-20-12-14-21(15-13-20)22-16-18-23(19-17-22)24(25(26)27)11-6-4-2/h4,6,11-19H,3,5,7-10H2,1-2H3,(H,26,27). The molecule has 0 bridgehead atoms. The van der Waals surface area contributed by atoms with Crippen LogP contribution in [-0.4, -0.2) is 11.1 Å². The van der Waals surface area contributed by atoms with Gasteiger partial charge in [0.1, 0.15) is 0 Å². The predicted molar refractivity (Wildman–Crippen MR) is 115 cm³/mol. The number of carbonyl (C=O) groups is 1. The molecular weight excluding hydrogens is 332 g/mol. The Balaban J connectivity index is 2.03. The van der Waals surface area contributed by atoms with Crippen molar-refractivity contribution in [1.29, 1.82) is 0 Å². The highest BCUT2D eigenvalue weighted by molar-refractivity contribution is 6.15. The zero-order chi connectivity index (χ0) is 19.5. The van der Waals surface area contributed by atoms with E-state index in [0.29, 0.717) is 11.1 Å². The van der Waals surface area contributed by atoms with Crippen molar-refractivity contribution in [2.75, 3.05) is 0 Å². The Morgan fingerprint density at radius 3 is 2.04 bits per heavy atom. The SMILES string of the molecule is CC=CC=C(C(=O)O)c1ccc(-c2ccc(CCCCCCC)cc2)cc1. The third-order valence-corrected chi connectivity index (χ3v) is 4.74. The monoisotopic (exact) mass is 362 g/mol. The van der Waals surface area contributed by atoms with Gasteiger partial charge in [0.05, 0.1) is 5.57 Å². The van der Waals surface area contributed by atoms with Crippen LogP contribution in [0.2, 0.25) is 0 Å². The minimum Gasteiger partial charge on any atom is -0.478 e. The number of unbranched alkanes of at least 4 members (excludes halogenated alkanes) is 4. The smallest absolute Gasteiger partial charge is 0.336 e. The molecule has 142 valence electrons. The van der Waals surface area contributed by atoms with Gasteiger partial charge in [0.15, 0.2) is 0 Å². The van der Waals surface area contributed by atoms with Crippen molar-refractivity contribution >= 4 is 11.5 Å². The molecule has 1 N–H and O–H groups in total. The lowest BCUT2D eigenvalue weighted by molar-refractivity contribution is -0.130. The fourth-order valence-corrected chi connectivity index (χ4v) is 3.12. The van der Waals surface area contributed by atoms with Crippen molar-refractivity contribution in [3.05, 3.63) is 77.9 Å². The minimum atomic E-state index is -0.913. The molecule has 0 aliphatic carbocycles. The molecule has 0 amide bonds. The van der Waals surface area contributed by atoms with Gasteiger partial charge in [-0.2, -0.15) is 0 Å². The summed E-state index contributed by atoms with van der Waals surface area (Å²) in [6.07, 6.45) is 12.9. The fraction of sp³-hybridized carbons (Fsp3) is 0.320. The lowest BCUT2D eigenvalue weighted by atomic mass is 9.98. The largest absolute Gasteiger partial charge is 0.478 e. The van der Waals surface area contributed by atoms with Gasteiger partial charge in [-0.15, -0.1) is 0 Å². The Labute approximate surface area is 163 Å². The summed E-state index contributed by atoms with van der Waals surface area (Å²) >= 11 is 0. The topological polar surface area (TPSA) is 37.3 Å². The van der Waals surface area contributed by atoms with Crippen molar-refractivity contribution in [3.63, 3.8) is 0 Å². The summed E-state index contributed by atoms with van der Waals surface area (Å²) in [5.41, 5.74) is 4.66. The average Bonchev–Trinajstić information content (AvgIpc) is 2.69. The van der Waals surface area contributed by atoms with E-state index in [-0.39, 0.29) is 0 Å². The highest BCUT2D eigenvalue weighted by Gasteiger charge is 2.09. The number of hydrogen-bond acceptors (Lipinski definition) is 1. The Kier molecular flexibility index (Phi) is 8.57. The van der Waals surface area contributed by atoms with E-state index in [0.717, 1.165) is 17.5 Å². The van der Waals surface area contributed by atoms with Crippen molar-refractivity contribution in [2.24, 2.45) is 0 Å². The van der Waals surface area contributed by atoms with Crippen LogP contribution in [0.5, 0.6) is 0 Å². The second-order valence-corrected chi connectivity index (χ2v) is 6.85. The number of carboxylic acids is 1. The van der Waals surface area contributed by atoms with E-state index in [1.165, 1.54) is 37.7 Å². The normalized spacial score (nSPS) is 11.9. The van der Waals surface area contributed by atoms with E-state index in [9.17, 15) is 9.90 Å². The maximum atomic E-state index is 11.4. The first-order valence-corrected chi connectivity index (χ1v) is 9.91. The highest BCUT2D eigenvalue weighted by atomic mass is 16.4. The Morgan fingerprint density at radius 2 is 1.48 bits per heavy atom. The maximum Gasteiger partial charge on any atom is 0.336 e. The molecule has 0 aromatic heterocycles. The van der Waals surface area contributed by atoms with E-state index in [1.807, 2.05) is 37.3 Å². The van der Waals surface area contributed by atoms with Gasteiger partial charge >= 0.3 is 5.97 Å². The van der Waals surface area contributed by atoms with Gasteiger partial charge in [-0.1, -0.05) is 93.3 Å².